The number of para-hydroxylation sites is 2. The first-order valence-corrected chi connectivity index (χ1v) is 21.0. The van der Waals surface area contributed by atoms with E-state index in [4.69, 9.17) is 19.9 Å². The highest BCUT2D eigenvalue weighted by Gasteiger charge is 2.21. The third-order valence-corrected chi connectivity index (χ3v) is 11.9. The Morgan fingerprint density at radius 3 is 1.48 bits per heavy atom. The van der Waals surface area contributed by atoms with E-state index in [0.717, 1.165) is 66.8 Å². The zero-order chi connectivity index (χ0) is 42.2. The largest absolute Gasteiger partial charge is 0.309 e. The molecule has 11 aromatic rings. The van der Waals surface area contributed by atoms with Crippen molar-refractivity contribution < 1.29 is 0 Å². The Bertz CT molecular complexity index is 3570. The Balaban J connectivity index is 1.18. The molecule has 8 nitrogen and oxygen atoms in total. The number of benzene rings is 7. The number of hydrogen-bond donors (Lipinski definition) is 0. The van der Waals surface area contributed by atoms with Gasteiger partial charge in [0.25, 0.3) is 0 Å². The maximum absolute atomic E-state index is 4.89. The van der Waals surface area contributed by atoms with Crippen molar-refractivity contribution in [2.75, 3.05) is 0 Å². The highest BCUT2D eigenvalue weighted by molar-refractivity contribution is 6.11. The molecule has 0 radical (unpaired) electrons. The Morgan fingerprint density at radius 2 is 0.855 bits per heavy atom. The summed E-state index contributed by atoms with van der Waals surface area (Å²) < 4.78 is 4.77. The fourth-order valence-electron chi connectivity index (χ4n) is 9.25. The van der Waals surface area contributed by atoms with Crippen LogP contribution in [0.5, 0.6) is 0 Å². The van der Waals surface area contributed by atoms with E-state index < -0.39 is 0 Å². The monoisotopic (exact) mass is 802 g/mol. The minimum atomic E-state index is 0.642. The molecule has 7 aromatic carbocycles. The Kier molecular flexibility index (Phi) is 8.65. The van der Waals surface area contributed by atoms with Gasteiger partial charge in [0.05, 0.1) is 27.8 Å². The molecule has 0 N–H and O–H groups in total. The lowest BCUT2D eigenvalue weighted by molar-refractivity contribution is 0.928. The van der Waals surface area contributed by atoms with E-state index in [2.05, 4.69) is 179 Å². The van der Waals surface area contributed by atoms with Gasteiger partial charge in [-0.2, -0.15) is 0 Å². The van der Waals surface area contributed by atoms with E-state index in [9.17, 15) is 0 Å². The number of nitrogens with zero attached hydrogens (tertiary/aromatic N) is 8. The van der Waals surface area contributed by atoms with E-state index in [1.165, 1.54) is 32.7 Å². The molecule has 298 valence electrons. The first-order valence-electron chi connectivity index (χ1n) is 21.0. The van der Waals surface area contributed by atoms with Crippen LogP contribution in [0.1, 0.15) is 34.4 Å². The third kappa shape index (κ3) is 6.22. The van der Waals surface area contributed by atoms with Gasteiger partial charge in [-0.25, -0.2) is 29.9 Å². The smallest absolute Gasteiger partial charge is 0.163 e. The van der Waals surface area contributed by atoms with Crippen LogP contribution < -0.4 is 0 Å². The second-order valence-electron chi connectivity index (χ2n) is 16.3. The van der Waals surface area contributed by atoms with Crippen molar-refractivity contribution in [3.63, 3.8) is 0 Å². The molecule has 11 rings (SSSR count). The predicted molar refractivity (Wildman–Crippen MR) is 252 cm³/mol. The van der Waals surface area contributed by atoms with Crippen molar-refractivity contribution in [3.8, 4) is 56.4 Å². The van der Waals surface area contributed by atoms with Gasteiger partial charge in [-0.3, -0.25) is 0 Å². The molecule has 0 saturated heterocycles. The van der Waals surface area contributed by atoms with Gasteiger partial charge in [-0.05, 0) is 137 Å². The van der Waals surface area contributed by atoms with E-state index in [1.54, 1.807) is 0 Å². The summed E-state index contributed by atoms with van der Waals surface area (Å²) in [6, 6.07) is 52.8. The molecule has 4 heterocycles. The summed E-state index contributed by atoms with van der Waals surface area (Å²) in [5.41, 5.74) is 15.1. The molecule has 0 bridgehead atoms. The lowest BCUT2D eigenvalue weighted by Crippen LogP contribution is -2.02. The molecular weight excluding hydrogens is 761 g/mol. The van der Waals surface area contributed by atoms with Gasteiger partial charge >= 0.3 is 0 Å². The Labute approximate surface area is 359 Å². The van der Waals surface area contributed by atoms with E-state index in [-0.39, 0.29) is 0 Å². The maximum Gasteiger partial charge on any atom is 0.163 e. The molecular formula is C54H42N8. The second kappa shape index (κ2) is 14.4. The van der Waals surface area contributed by atoms with Crippen molar-refractivity contribution in [1.29, 1.82) is 0 Å². The molecule has 0 aliphatic rings. The van der Waals surface area contributed by atoms with Gasteiger partial charge < -0.3 is 9.13 Å². The van der Waals surface area contributed by atoms with Crippen LogP contribution >= 0.6 is 0 Å². The highest BCUT2D eigenvalue weighted by Crippen LogP contribution is 2.41. The molecule has 0 unspecified atom stereocenters. The average molecular weight is 803 g/mol. The lowest BCUT2D eigenvalue weighted by atomic mass is 9.93. The first kappa shape index (κ1) is 37.2. The highest BCUT2D eigenvalue weighted by atomic mass is 15.0. The van der Waals surface area contributed by atoms with E-state index in [1.807, 2.05) is 27.7 Å². The zero-order valence-electron chi connectivity index (χ0n) is 35.4. The molecule has 0 spiro atoms. The average Bonchev–Trinajstić information content (AvgIpc) is 3.77. The first-order chi connectivity index (χ1) is 30.2. The zero-order valence-corrected chi connectivity index (χ0v) is 35.4. The van der Waals surface area contributed by atoms with Crippen LogP contribution in [0.2, 0.25) is 0 Å². The van der Waals surface area contributed by atoms with E-state index >= 15 is 0 Å². The predicted octanol–water partition coefficient (Wildman–Crippen LogP) is 12.8. The number of fused-ring (bicyclic) bond motifs is 6. The molecule has 62 heavy (non-hydrogen) atoms. The maximum atomic E-state index is 4.89. The number of rotatable bonds is 6. The quantitative estimate of drug-likeness (QED) is 0.166. The van der Waals surface area contributed by atoms with E-state index in [0.29, 0.717) is 34.9 Å². The third-order valence-electron chi connectivity index (χ3n) is 11.9. The van der Waals surface area contributed by atoms with Crippen molar-refractivity contribution in [3.05, 3.63) is 180 Å². The molecule has 0 aliphatic carbocycles. The van der Waals surface area contributed by atoms with Crippen LogP contribution in [-0.2, 0) is 0 Å². The second-order valence-corrected chi connectivity index (χ2v) is 16.3. The van der Waals surface area contributed by atoms with Gasteiger partial charge in [0.1, 0.15) is 23.3 Å². The van der Waals surface area contributed by atoms with Crippen LogP contribution in [0.15, 0.2) is 146 Å². The number of aryl methyl sites for hydroxylation is 6. The van der Waals surface area contributed by atoms with Gasteiger partial charge in [-0.1, -0.05) is 77.9 Å². The van der Waals surface area contributed by atoms with Crippen LogP contribution in [-0.4, -0.2) is 39.0 Å². The standard InChI is InChI=1S/C54H42N8/c1-31-18-23-51-46(26-31)41-14-7-9-16-48(41)61(51)40-21-22-43(54-59-35(5)56-36(6)60-54)44(30-40)37-12-11-13-38(28-37)45-29-39(53-57-33(3)55-34(4)58-53)20-25-50(45)62-49-17-10-8-15-42(49)47-27-32(2)19-24-52(47)62/h7-30H,1-6H3. The summed E-state index contributed by atoms with van der Waals surface area (Å²) >= 11 is 0. The summed E-state index contributed by atoms with van der Waals surface area (Å²) in [4.78, 5) is 28.4. The van der Waals surface area contributed by atoms with Gasteiger partial charge in [0.15, 0.2) is 11.6 Å². The molecule has 8 heteroatoms. The minimum Gasteiger partial charge on any atom is -0.309 e. The van der Waals surface area contributed by atoms with Crippen molar-refractivity contribution >= 4 is 43.6 Å². The molecule has 0 amide bonds. The molecule has 0 fully saturated rings. The van der Waals surface area contributed by atoms with Crippen LogP contribution in [0, 0.1) is 41.5 Å². The summed E-state index contributed by atoms with van der Waals surface area (Å²) in [6.45, 7) is 12.0. The molecule has 0 saturated carbocycles. The van der Waals surface area contributed by atoms with Crippen molar-refractivity contribution in [2.45, 2.75) is 41.5 Å². The van der Waals surface area contributed by atoms with Crippen LogP contribution in [0.3, 0.4) is 0 Å². The Morgan fingerprint density at radius 1 is 0.323 bits per heavy atom. The minimum absolute atomic E-state index is 0.642. The van der Waals surface area contributed by atoms with Gasteiger partial charge in [0.2, 0.25) is 0 Å². The SMILES string of the molecule is Cc1ccc2c(c1)c1ccccc1n2-c1ccc(-c2nc(C)nc(C)n2)c(-c2cccc(-c3cc(-c4nc(C)nc(C)n4)ccc3-n3c4ccccc4c4cc(C)ccc43)c2)c1. The summed E-state index contributed by atoms with van der Waals surface area (Å²) in [5, 5.41) is 4.88. The summed E-state index contributed by atoms with van der Waals surface area (Å²) in [6.07, 6.45) is 0. The fourth-order valence-corrected chi connectivity index (χ4v) is 9.25. The molecule has 4 aromatic heterocycles. The molecule has 0 atom stereocenters. The van der Waals surface area contributed by atoms with Crippen LogP contribution in [0.4, 0.5) is 0 Å². The fraction of sp³-hybridized carbons (Fsp3) is 0.111. The lowest BCUT2D eigenvalue weighted by Gasteiger charge is -2.18. The van der Waals surface area contributed by atoms with Crippen molar-refractivity contribution in [2.24, 2.45) is 0 Å². The summed E-state index contributed by atoms with van der Waals surface area (Å²) in [7, 11) is 0. The normalized spacial score (nSPS) is 11.7. The summed E-state index contributed by atoms with van der Waals surface area (Å²) in [5.74, 6) is 4.03. The molecule has 0 aliphatic heterocycles. The van der Waals surface area contributed by atoms with Gasteiger partial charge in [0, 0.05) is 43.9 Å². The Hall–Kier alpha value is -7.84. The number of aromatic nitrogens is 8. The number of hydrogen-bond acceptors (Lipinski definition) is 6. The van der Waals surface area contributed by atoms with Gasteiger partial charge in [-0.15, -0.1) is 0 Å². The van der Waals surface area contributed by atoms with Crippen LogP contribution in [0.25, 0.3) is 100 Å². The topological polar surface area (TPSA) is 87.2 Å². The van der Waals surface area contributed by atoms with Crippen molar-refractivity contribution in [1.82, 2.24) is 39.0 Å².